The zero-order chi connectivity index (χ0) is 25.5. The molecule has 0 saturated heterocycles. The Morgan fingerprint density at radius 2 is 0.903 bits per heavy atom. The SMILES string of the molecule is CCCC[Si](N)(N)CCC(F)(F)C(F)(F)C(F)(F)C(F)(F)C(F)(F)C(F)(F)C(F)(F)F. The predicted molar refractivity (Wildman–Crippen MR) is 79.0 cm³/mol. The van der Waals surface area contributed by atoms with Gasteiger partial charge in [-0.15, -0.1) is 0 Å². The Hall–Kier alpha value is -0.913. The van der Waals surface area contributed by atoms with Crippen molar-refractivity contribution < 1.29 is 65.9 Å². The number of hydrogen-bond donors (Lipinski definition) is 2. The maximum Gasteiger partial charge on any atom is 0.460 e. The quantitative estimate of drug-likeness (QED) is 0.266. The predicted octanol–water partition coefficient (Wildman–Crippen LogP) is 5.91. The molecular formula is C13H17F15N2Si. The van der Waals surface area contributed by atoms with E-state index in [2.05, 4.69) is 0 Å². The van der Waals surface area contributed by atoms with Crippen molar-refractivity contribution in [1.29, 1.82) is 0 Å². The highest BCUT2D eigenvalue weighted by Crippen LogP contribution is 2.62. The minimum atomic E-state index is -8.27. The lowest BCUT2D eigenvalue weighted by molar-refractivity contribution is -0.452. The molecule has 0 aromatic rings. The van der Waals surface area contributed by atoms with Gasteiger partial charge >= 0.3 is 41.7 Å². The van der Waals surface area contributed by atoms with Gasteiger partial charge in [-0.2, -0.15) is 65.9 Å². The molecule has 0 aromatic heterocycles. The molecule has 0 rings (SSSR count). The van der Waals surface area contributed by atoms with E-state index < -0.39 is 62.6 Å². The molecule has 0 unspecified atom stereocenters. The molecule has 0 fully saturated rings. The second kappa shape index (κ2) is 8.46. The van der Waals surface area contributed by atoms with Gasteiger partial charge in [0.1, 0.15) is 0 Å². The van der Waals surface area contributed by atoms with E-state index in [-0.39, 0.29) is 12.5 Å². The van der Waals surface area contributed by atoms with E-state index in [1.165, 1.54) is 0 Å². The zero-order valence-electron chi connectivity index (χ0n) is 15.4. The van der Waals surface area contributed by atoms with Crippen molar-refractivity contribution in [2.75, 3.05) is 0 Å². The summed E-state index contributed by atoms with van der Waals surface area (Å²) >= 11 is 0. The number of rotatable bonds is 11. The Balaban J connectivity index is 6.15. The Labute approximate surface area is 166 Å². The van der Waals surface area contributed by atoms with Crippen LogP contribution in [-0.4, -0.2) is 50.1 Å². The van der Waals surface area contributed by atoms with E-state index in [0.717, 1.165) is 0 Å². The standard InChI is InChI=1S/C13H17F15N2Si/c1-2-3-5-31(29,30)6-4-7(14,15)8(16,17)9(18,19)10(20,21)11(22,23)12(24,25)13(26,27)28/h2-6,29-30H2,1H3. The molecule has 4 N–H and O–H groups in total. The zero-order valence-corrected chi connectivity index (χ0v) is 16.4. The molecule has 0 bridgehead atoms. The molecule has 0 heterocycles. The van der Waals surface area contributed by atoms with Crippen LogP contribution in [0, 0.1) is 0 Å². The molecule has 0 radical (unpaired) electrons. The fourth-order valence-electron chi connectivity index (χ4n) is 2.18. The van der Waals surface area contributed by atoms with Crippen LogP contribution in [0.1, 0.15) is 26.2 Å². The summed E-state index contributed by atoms with van der Waals surface area (Å²) in [4.78, 5) is 0. The largest absolute Gasteiger partial charge is 0.460 e. The van der Waals surface area contributed by atoms with Gasteiger partial charge < -0.3 is 10.8 Å². The Morgan fingerprint density at radius 1 is 0.548 bits per heavy atom. The number of hydrogen-bond acceptors (Lipinski definition) is 2. The second-order valence-electron chi connectivity index (χ2n) is 6.91. The highest BCUT2D eigenvalue weighted by molar-refractivity contribution is 6.73. The molecule has 0 atom stereocenters. The maximum absolute atomic E-state index is 13.7. The number of alkyl halides is 15. The van der Waals surface area contributed by atoms with Crippen molar-refractivity contribution in [2.45, 2.75) is 80.0 Å². The minimum absolute atomic E-state index is 0.175. The molecule has 0 saturated carbocycles. The monoisotopic (exact) mass is 514 g/mol. The molecule has 2 nitrogen and oxygen atoms in total. The first-order valence-electron chi connectivity index (χ1n) is 8.18. The number of halogens is 15. The van der Waals surface area contributed by atoms with Crippen LogP contribution in [0.4, 0.5) is 65.9 Å². The summed E-state index contributed by atoms with van der Waals surface area (Å²) in [5.74, 6) is -46.3. The average Bonchev–Trinajstić information content (AvgIpc) is 2.56. The molecular weight excluding hydrogens is 497 g/mol. The third-order valence-electron chi connectivity index (χ3n) is 4.29. The summed E-state index contributed by atoms with van der Waals surface area (Å²) in [6.45, 7) is 1.56. The molecule has 18 heteroatoms. The molecule has 188 valence electrons. The summed E-state index contributed by atoms with van der Waals surface area (Å²) in [5.41, 5.74) is 0. The summed E-state index contributed by atoms with van der Waals surface area (Å²) in [6, 6.07) is -1.53. The summed E-state index contributed by atoms with van der Waals surface area (Å²) in [6.07, 6.45) is -9.51. The molecule has 0 amide bonds. The van der Waals surface area contributed by atoms with E-state index >= 15 is 0 Å². The summed E-state index contributed by atoms with van der Waals surface area (Å²) in [5, 5.41) is 10.8. The van der Waals surface area contributed by atoms with Gasteiger partial charge in [0.2, 0.25) is 0 Å². The van der Waals surface area contributed by atoms with Gasteiger partial charge in [0, 0.05) is 6.42 Å². The van der Waals surface area contributed by atoms with Gasteiger partial charge in [-0.1, -0.05) is 19.8 Å². The molecule has 0 aliphatic heterocycles. The molecule has 0 aliphatic carbocycles. The lowest BCUT2D eigenvalue weighted by atomic mass is 9.90. The molecule has 0 spiro atoms. The normalized spacial score (nSPS) is 16.1. The first kappa shape index (κ1) is 30.1. The van der Waals surface area contributed by atoms with Crippen molar-refractivity contribution in [3.05, 3.63) is 0 Å². The highest BCUT2D eigenvalue weighted by atomic mass is 28.3. The van der Waals surface area contributed by atoms with Crippen molar-refractivity contribution in [3.8, 4) is 0 Å². The third kappa shape index (κ3) is 5.04. The van der Waals surface area contributed by atoms with Crippen LogP contribution < -0.4 is 10.8 Å². The number of nitrogens with two attached hydrogens (primary N) is 2. The van der Waals surface area contributed by atoms with Crippen molar-refractivity contribution in [1.82, 2.24) is 0 Å². The Morgan fingerprint density at radius 3 is 1.26 bits per heavy atom. The minimum Gasteiger partial charge on any atom is -0.339 e. The number of unbranched alkanes of at least 4 members (excludes halogenated alkanes) is 1. The first-order valence-corrected chi connectivity index (χ1v) is 10.7. The van der Waals surface area contributed by atoms with Crippen LogP contribution in [0.25, 0.3) is 0 Å². The van der Waals surface area contributed by atoms with Crippen LogP contribution in [0.3, 0.4) is 0 Å². The molecule has 31 heavy (non-hydrogen) atoms. The molecule has 0 aromatic carbocycles. The Bertz CT molecular complexity index is 615. The summed E-state index contributed by atoms with van der Waals surface area (Å²) < 4.78 is 196. The maximum atomic E-state index is 13.7. The van der Waals surface area contributed by atoms with E-state index in [0.29, 0.717) is 6.42 Å². The van der Waals surface area contributed by atoms with E-state index in [4.69, 9.17) is 10.8 Å². The summed E-state index contributed by atoms with van der Waals surface area (Å²) in [7, 11) is -3.77. The van der Waals surface area contributed by atoms with Crippen molar-refractivity contribution in [2.24, 2.45) is 10.8 Å². The highest BCUT2D eigenvalue weighted by Gasteiger charge is 2.93. The van der Waals surface area contributed by atoms with Crippen LogP contribution in [0.5, 0.6) is 0 Å². The third-order valence-corrected chi connectivity index (χ3v) is 6.76. The lowest BCUT2D eigenvalue weighted by Gasteiger charge is -2.41. The Kier molecular flexibility index (Phi) is 8.21. The topological polar surface area (TPSA) is 52.0 Å². The molecule has 0 aliphatic rings. The lowest BCUT2D eigenvalue weighted by Crippen LogP contribution is -2.72. The first-order chi connectivity index (χ1) is 13.3. The average molecular weight is 514 g/mol. The van der Waals surface area contributed by atoms with Gasteiger partial charge in [0.25, 0.3) is 0 Å². The smallest absolute Gasteiger partial charge is 0.339 e. The van der Waals surface area contributed by atoms with Crippen LogP contribution >= 0.6 is 0 Å². The van der Waals surface area contributed by atoms with Gasteiger partial charge in [0.05, 0.1) is 0 Å². The van der Waals surface area contributed by atoms with Gasteiger partial charge in [-0.05, 0) is 12.1 Å². The van der Waals surface area contributed by atoms with Gasteiger partial charge in [-0.25, -0.2) is 0 Å². The van der Waals surface area contributed by atoms with E-state index in [9.17, 15) is 65.9 Å². The van der Waals surface area contributed by atoms with Crippen LogP contribution in [-0.2, 0) is 0 Å². The fourth-order valence-corrected chi connectivity index (χ4v) is 4.22. The van der Waals surface area contributed by atoms with Crippen LogP contribution in [0.2, 0.25) is 12.1 Å². The second-order valence-corrected chi connectivity index (χ2v) is 10.4. The van der Waals surface area contributed by atoms with Gasteiger partial charge in [0.15, 0.2) is 8.40 Å². The van der Waals surface area contributed by atoms with E-state index in [1.807, 2.05) is 0 Å². The van der Waals surface area contributed by atoms with Crippen LogP contribution in [0.15, 0.2) is 0 Å². The fraction of sp³-hybridized carbons (Fsp3) is 1.00. The van der Waals surface area contributed by atoms with Crippen molar-refractivity contribution >= 4 is 8.40 Å². The van der Waals surface area contributed by atoms with E-state index in [1.54, 1.807) is 6.92 Å². The van der Waals surface area contributed by atoms with Crippen molar-refractivity contribution in [3.63, 3.8) is 0 Å². The van der Waals surface area contributed by atoms with Gasteiger partial charge in [-0.3, -0.25) is 0 Å².